The van der Waals surface area contributed by atoms with Crippen molar-refractivity contribution in [1.82, 2.24) is 5.32 Å². The van der Waals surface area contributed by atoms with Crippen molar-refractivity contribution in [2.75, 3.05) is 26.8 Å². The van der Waals surface area contributed by atoms with Gasteiger partial charge in [-0.25, -0.2) is 0 Å². The van der Waals surface area contributed by atoms with Gasteiger partial charge < -0.3 is 19.6 Å². The molecule has 24 heavy (non-hydrogen) atoms. The highest BCUT2D eigenvalue weighted by Gasteiger charge is 2.42. The minimum absolute atomic E-state index is 0.229. The van der Waals surface area contributed by atoms with Crippen molar-refractivity contribution in [3.63, 3.8) is 0 Å². The number of aliphatic hydroxyl groups is 1. The molecule has 0 amide bonds. The summed E-state index contributed by atoms with van der Waals surface area (Å²) < 4.78 is 12.3. The number of furan rings is 1. The smallest absolute Gasteiger partial charge is 0.140 e. The first kappa shape index (κ1) is 17.5. The molecule has 2 heterocycles. The average molecular weight is 331 g/mol. The normalized spacial score (nSPS) is 21.0. The topological polar surface area (TPSA) is 54.6 Å². The molecule has 3 rings (SSSR count). The van der Waals surface area contributed by atoms with E-state index in [2.05, 4.69) is 29.6 Å². The van der Waals surface area contributed by atoms with E-state index in [1.165, 1.54) is 6.42 Å². The minimum Gasteiger partial charge on any atom is -0.461 e. The lowest BCUT2D eigenvalue weighted by Crippen LogP contribution is -2.45. The Balaban J connectivity index is 2.06. The SMILES string of the molecule is CO[C@](CCCCO)(c1cccc2cc(C)oc12)[C@@H]1CCCNC1. The van der Waals surface area contributed by atoms with E-state index in [1.807, 2.05) is 14.0 Å². The lowest BCUT2D eigenvalue weighted by Gasteiger charge is -2.42. The molecule has 1 aromatic carbocycles. The van der Waals surface area contributed by atoms with Crippen LogP contribution >= 0.6 is 0 Å². The minimum atomic E-state index is -0.369. The standard InChI is InChI=1S/C20H29NO3/c1-15-13-16-7-5-9-18(19(16)24-15)20(23-2,10-3-4-12-22)17-8-6-11-21-14-17/h5,7,9,13,17,21-22H,3-4,6,8,10-12,14H2,1-2H3/t17-,20+/m1/s1. The van der Waals surface area contributed by atoms with E-state index >= 15 is 0 Å². The molecule has 1 aromatic heterocycles. The first-order valence-electron chi connectivity index (χ1n) is 9.07. The Bertz CT molecular complexity index is 660. The van der Waals surface area contributed by atoms with Crippen LogP contribution < -0.4 is 5.32 Å². The number of aryl methyl sites for hydroxylation is 1. The molecular formula is C20H29NO3. The Hall–Kier alpha value is -1.36. The molecule has 0 saturated carbocycles. The molecular weight excluding hydrogens is 302 g/mol. The zero-order valence-electron chi connectivity index (χ0n) is 14.8. The third-order valence-corrected chi connectivity index (χ3v) is 5.40. The van der Waals surface area contributed by atoms with Crippen LogP contribution in [0.3, 0.4) is 0 Å². The Morgan fingerprint density at radius 1 is 1.38 bits per heavy atom. The molecule has 1 fully saturated rings. The lowest BCUT2D eigenvalue weighted by atomic mass is 9.74. The predicted octanol–water partition coefficient (Wildman–Crippen LogP) is 3.75. The number of rotatable bonds is 7. The molecule has 4 nitrogen and oxygen atoms in total. The molecule has 132 valence electrons. The van der Waals surface area contributed by atoms with Crippen molar-refractivity contribution in [1.29, 1.82) is 0 Å². The molecule has 0 unspecified atom stereocenters. The maximum absolute atomic E-state index is 9.22. The maximum atomic E-state index is 9.22. The predicted molar refractivity (Wildman–Crippen MR) is 96.2 cm³/mol. The quantitative estimate of drug-likeness (QED) is 0.759. The second-order valence-electron chi connectivity index (χ2n) is 6.90. The molecule has 0 spiro atoms. The summed E-state index contributed by atoms with van der Waals surface area (Å²) >= 11 is 0. The van der Waals surface area contributed by atoms with E-state index in [4.69, 9.17) is 9.15 Å². The lowest BCUT2D eigenvalue weighted by molar-refractivity contribution is -0.0793. The van der Waals surface area contributed by atoms with E-state index in [0.717, 1.165) is 61.1 Å². The zero-order valence-corrected chi connectivity index (χ0v) is 14.8. The summed E-state index contributed by atoms with van der Waals surface area (Å²) in [5, 5.41) is 13.9. The summed E-state index contributed by atoms with van der Waals surface area (Å²) in [5.74, 6) is 1.34. The number of para-hydroxylation sites is 1. The summed E-state index contributed by atoms with van der Waals surface area (Å²) in [6, 6.07) is 8.44. The molecule has 0 bridgehead atoms. The van der Waals surface area contributed by atoms with Crippen molar-refractivity contribution in [3.05, 3.63) is 35.6 Å². The van der Waals surface area contributed by atoms with Crippen LogP contribution in [0.4, 0.5) is 0 Å². The second kappa shape index (κ2) is 7.68. The zero-order chi connectivity index (χ0) is 17.0. The van der Waals surface area contributed by atoms with Crippen LogP contribution in [-0.4, -0.2) is 31.9 Å². The number of nitrogens with one attached hydrogen (secondary N) is 1. The maximum Gasteiger partial charge on any atom is 0.140 e. The van der Waals surface area contributed by atoms with Gasteiger partial charge in [-0.2, -0.15) is 0 Å². The summed E-state index contributed by atoms with van der Waals surface area (Å²) in [5.41, 5.74) is 1.74. The molecule has 1 aliphatic heterocycles. The van der Waals surface area contributed by atoms with E-state index in [1.54, 1.807) is 0 Å². The van der Waals surface area contributed by atoms with Gasteiger partial charge in [0.2, 0.25) is 0 Å². The highest BCUT2D eigenvalue weighted by atomic mass is 16.5. The van der Waals surface area contributed by atoms with E-state index in [9.17, 15) is 5.11 Å². The number of hydrogen-bond acceptors (Lipinski definition) is 4. The van der Waals surface area contributed by atoms with Gasteiger partial charge in [0.15, 0.2) is 0 Å². The van der Waals surface area contributed by atoms with Gasteiger partial charge in [-0.05, 0) is 51.6 Å². The fourth-order valence-electron chi connectivity index (χ4n) is 4.21. The summed E-state index contributed by atoms with van der Waals surface area (Å²) in [4.78, 5) is 0. The Labute approximate surface area is 144 Å². The number of ether oxygens (including phenoxy) is 1. The number of fused-ring (bicyclic) bond motifs is 1. The molecule has 4 heteroatoms. The van der Waals surface area contributed by atoms with Gasteiger partial charge in [-0.1, -0.05) is 18.2 Å². The van der Waals surface area contributed by atoms with Gasteiger partial charge in [0, 0.05) is 37.1 Å². The molecule has 0 radical (unpaired) electrons. The Morgan fingerprint density at radius 3 is 2.96 bits per heavy atom. The van der Waals surface area contributed by atoms with Gasteiger partial charge in [0.25, 0.3) is 0 Å². The van der Waals surface area contributed by atoms with Crippen LogP contribution in [0.5, 0.6) is 0 Å². The molecule has 0 aliphatic carbocycles. The molecule has 1 saturated heterocycles. The number of piperidine rings is 1. The van der Waals surface area contributed by atoms with Crippen molar-refractivity contribution < 1.29 is 14.3 Å². The van der Waals surface area contributed by atoms with Gasteiger partial charge >= 0.3 is 0 Å². The Morgan fingerprint density at radius 2 is 2.25 bits per heavy atom. The fourth-order valence-corrected chi connectivity index (χ4v) is 4.21. The van der Waals surface area contributed by atoms with Crippen LogP contribution in [0.2, 0.25) is 0 Å². The molecule has 2 atom stereocenters. The van der Waals surface area contributed by atoms with E-state index < -0.39 is 0 Å². The van der Waals surface area contributed by atoms with Crippen molar-refractivity contribution >= 4 is 11.0 Å². The highest BCUT2D eigenvalue weighted by Crippen LogP contribution is 2.44. The third-order valence-electron chi connectivity index (χ3n) is 5.40. The van der Waals surface area contributed by atoms with Crippen LogP contribution in [0.25, 0.3) is 11.0 Å². The molecule has 2 N–H and O–H groups in total. The second-order valence-corrected chi connectivity index (χ2v) is 6.90. The number of unbranched alkanes of at least 4 members (excludes halogenated alkanes) is 1. The fraction of sp³-hybridized carbons (Fsp3) is 0.600. The van der Waals surface area contributed by atoms with E-state index in [-0.39, 0.29) is 12.2 Å². The monoisotopic (exact) mass is 331 g/mol. The first-order valence-corrected chi connectivity index (χ1v) is 9.07. The number of aliphatic hydroxyl groups excluding tert-OH is 1. The van der Waals surface area contributed by atoms with Crippen LogP contribution in [0, 0.1) is 12.8 Å². The van der Waals surface area contributed by atoms with Crippen LogP contribution in [0.15, 0.2) is 28.7 Å². The van der Waals surface area contributed by atoms with Crippen LogP contribution in [0.1, 0.15) is 43.4 Å². The first-order chi connectivity index (χ1) is 11.7. The number of methoxy groups -OCH3 is 1. The van der Waals surface area contributed by atoms with Crippen LogP contribution in [-0.2, 0) is 10.3 Å². The summed E-state index contributed by atoms with van der Waals surface area (Å²) in [6.07, 6.45) is 4.96. The van der Waals surface area contributed by atoms with E-state index in [0.29, 0.717) is 5.92 Å². The summed E-state index contributed by atoms with van der Waals surface area (Å²) in [6.45, 7) is 4.26. The van der Waals surface area contributed by atoms with Gasteiger partial charge in [0.1, 0.15) is 16.9 Å². The third kappa shape index (κ3) is 3.23. The number of benzene rings is 1. The molecule has 1 aliphatic rings. The highest BCUT2D eigenvalue weighted by molar-refractivity contribution is 5.82. The van der Waals surface area contributed by atoms with Crippen molar-refractivity contribution in [2.45, 2.75) is 44.6 Å². The van der Waals surface area contributed by atoms with Crippen molar-refractivity contribution in [2.24, 2.45) is 5.92 Å². The van der Waals surface area contributed by atoms with Crippen molar-refractivity contribution in [3.8, 4) is 0 Å². The van der Waals surface area contributed by atoms with Gasteiger partial charge in [-0.15, -0.1) is 0 Å². The number of hydrogen-bond donors (Lipinski definition) is 2. The summed E-state index contributed by atoms with van der Waals surface area (Å²) in [7, 11) is 1.82. The largest absolute Gasteiger partial charge is 0.461 e. The Kier molecular flexibility index (Phi) is 5.59. The molecule has 2 aromatic rings. The average Bonchev–Trinajstić information content (AvgIpc) is 3.00. The van der Waals surface area contributed by atoms with Gasteiger partial charge in [0.05, 0.1) is 0 Å². The van der Waals surface area contributed by atoms with Gasteiger partial charge in [-0.3, -0.25) is 0 Å².